The molecule has 1 aliphatic rings. The van der Waals surface area contributed by atoms with Crippen molar-refractivity contribution in [3.63, 3.8) is 0 Å². The van der Waals surface area contributed by atoms with Crippen molar-refractivity contribution in [3.8, 4) is 5.75 Å². The van der Waals surface area contributed by atoms with E-state index in [-0.39, 0.29) is 69.7 Å². The molecule has 2 rings (SSSR count). The number of aryl methyl sites for hydroxylation is 1. The molecule has 1 heterocycles. The molecule has 0 bridgehead atoms. The number of benzene rings is 1. The minimum absolute atomic E-state index is 0. The van der Waals surface area contributed by atoms with Crippen molar-refractivity contribution < 1.29 is 73.8 Å². The van der Waals surface area contributed by atoms with E-state index in [0.717, 1.165) is 12.5 Å². The monoisotopic (exact) mass is 298 g/mol. The normalized spacial score (nSPS) is 19.1. The van der Waals surface area contributed by atoms with Crippen molar-refractivity contribution in [1.82, 2.24) is 0 Å². The van der Waals surface area contributed by atoms with E-state index in [2.05, 4.69) is 0 Å². The van der Waals surface area contributed by atoms with Crippen LogP contribution in [0.4, 0.5) is 12.9 Å². The first-order chi connectivity index (χ1) is 8.47. The third kappa shape index (κ3) is 5.06. The first-order valence-electron chi connectivity index (χ1n) is 5.98. The molecule has 7 heteroatoms. The van der Waals surface area contributed by atoms with Crippen LogP contribution in [0.5, 0.6) is 5.75 Å². The Morgan fingerprint density at radius 3 is 2.68 bits per heavy atom. The predicted octanol–water partition coefficient (Wildman–Crippen LogP) is -0.531. The van der Waals surface area contributed by atoms with Gasteiger partial charge in [-0.05, 0) is 19.4 Å². The summed E-state index contributed by atoms with van der Waals surface area (Å²) < 4.78 is 49.1. The summed E-state index contributed by atoms with van der Waals surface area (Å²) >= 11 is 0. The molecule has 0 saturated carbocycles. The first kappa shape index (κ1) is 17.5. The zero-order chi connectivity index (χ0) is 13.2. The second-order valence-electron chi connectivity index (χ2n) is 4.66. The van der Waals surface area contributed by atoms with Crippen molar-refractivity contribution in [1.29, 1.82) is 0 Å². The molecule has 1 aliphatic heterocycles. The van der Waals surface area contributed by atoms with Crippen LogP contribution >= 0.6 is 0 Å². The quantitative estimate of drug-likeness (QED) is 0.696. The fraction of sp³-hybridized carbons (Fsp3) is 0.500. The summed E-state index contributed by atoms with van der Waals surface area (Å²) in [5, 5.41) is 0. The van der Waals surface area contributed by atoms with Gasteiger partial charge in [-0.25, -0.2) is 0 Å². The van der Waals surface area contributed by atoms with Crippen LogP contribution in [-0.2, 0) is 4.74 Å². The van der Waals surface area contributed by atoms with Gasteiger partial charge in [0.1, 0.15) is 0 Å². The van der Waals surface area contributed by atoms with Gasteiger partial charge in [0, 0.05) is 12.5 Å². The zero-order valence-corrected chi connectivity index (χ0v) is 14.3. The number of hydrogen-bond acceptors (Lipinski definition) is 2. The number of rotatable bonds is 4. The number of hydrogen-bond donors (Lipinski definition) is 0. The molecule has 1 unspecified atom stereocenters. The molecular formula is C12H15BF3KO2. The van der Waals surface area contributed by atoms with E-state index in [0.29, 0.717) is 18.8 Å². The Labute approximate surface area is 153 Å². The Bertz CT molecular complexity index is 420. The Kier molecular flexibility index (Phi) is 6.89. The molecular weight excluding hydrogens is 283 g/mol. The SMILES string of the molecule is Cc1ccc(OCC2CCOC2)c([B-](F)(F)F)c1.[K+]. The van der Waals surface area contributed by atoms with E-state index < -0.39 is 12.4 Å². The Hall–Kier alpha value is 0.471. The molecule has 1 saturated heterocycles. The molecule has 100 valence electrons. The second-order valence-corrected chi connectivity index (χ2v) is 4.66. The van der Waals surface area contributed by atoms with Gasteiger partial charge in [-0.2, -0.15) is 0 Å². The minimum atomic E-state index is -5.04. The second kappa shape index (κ2) is 7.47. The van der Waals surface area contributed by atoms with Crippen molar-refractivity contribution in [3.05, 3.63) is 23.8 Å². The van der Waals surface area contributed by atoms with E-state index in [9.17, 15) is 12.9 Å². The molecule has 19 heavy (non-hydrogen) atoms. The molecule has 2 nitrogen and oxygen atoms in total. The van der Waals surface area contributed by atoms with Crippen molar-refractivity contribution >= 4 is 12.4 Å². The van der Waals surface area contributed by atoms with Gasteiger partial charge in [0.2, 0.25) is 0 Å². The summed E-state index contributed by atoms with van der Waals surface area (Å²) in [5.74, 6) is 0.125. The van der Waals surface area contributed by atoms with E-state index >= 15 is 0 Å². The summed E-state index contributed by atoms with van der Waals surface area (Å²) in [6, 6.07) is 4.17. The summed E-state index contributed by atoms with van der Waals surface area (Å²) in [6.45, 7) is -1.89. The van der Waals surface area contributed by atoms with Crippen LogP contribution in [0.1, 0.15) is 12.0 Å². The summed E-state index contributed by atoms with van der Waals surface area (Å²) in [6.07, 6.45) is 0.846. The van der Waals surface area contributed by atoms with Crippen molar-refractivity contribution in [2.75, 3.05) is 19.8 Å². The number of ether oxygens (including phenoxy) is 2. The molecule has 1 aromatic rings. The maximum Gasteiger partial charge on any atom is 1.00 e. The fourth-order valence-electron chi connectivity index (χ4n) is 1.98. The van der Waals surface area contributed by atoms with Gasteiger partial charge in [0.05, 0.1) is 19.0 Å². The van der Waals surface area contributed by atoms with E-state index in [4.69, 9.17) is 9.47 Å². The fourth-order valence-corrected chi connectivity index (χ4v) is 1.98. The molecule has 1 atom stereocenters. The van der Waals surface area contributed by atoms with Gasteiger partial charge in [0.15, 0.2) is 0 Å². The van der Waals surface area contributed by atoms with Crippen LogP contribution in [-0.4, -0.2) is 26.8 Å². The van der Waals surface area contributed by atoms with Crippen LogP contribution in [0.25, 0.3) is 0 Å². The van der Waals surface area contributed by atoms with Gasteiger partial charge in [-0.3, -0.25) is 0 Å². The average molecular weight is 298 g/mol. The third-order valence-electron chi connectivity index (χ3n) is 3.02. The van der Waals surface area contributed by atoms with Gasteiger partial charge in [-0.1, -0.05) is 23.2 Å². The van der Waals surface area contributed by atoms with E-state index in [1.807, 2.05) is 0 Å². The van der Waals surface area contributed by atoms with Crippen LogP contribution in [0, 0.1) is 12.8 Å². The molecule has 0 amide bonds. The topological polar surface area (TPSA) is 18.5 Å². The summed E-state index contributed by atoms with van der Waals surface area (Å²) in [7, 11) is 0. The Morgan fingerprint density at radius 2 is 2.11 bits per heavy atom. The van der Waals surface area contributed by atoms with E-state index in [1.54, 1.807) is 13.0 Å². The van der Waals surface area contributed by atoms with Crippen LogP contribution in [0.2, 0.25) is 0 Å². The van der Waals surface area contributed by atoms with Crippen molar-refractivity contribution in [2.45, 2.75) is 13.3 Å². The molecule has 0 radical (unpaired) electrons. The Morgan fingerprint density at radius 1 is 1.37 bits per heavy atom. The van der Waals surface area contributed by atoms with Gasteiger partial charge in [0.25, 0.3) is 0 Å². The smallest absolute Gasteiger partial charge is 0.496 e. The standard InChI is InChI=1S/C12H15BF3O2.K/c1-9-2-3-12(11(6-9)13(14,15)16)18-8-10-4-5-17-7-10;/h2-3,6,10H,4-5,7-8H2,1H3;/q-1;+1. The molecule has 0 spiro atoms. The van der Waals surface area contributed by atoms with Crippen molar-refractivity contribution in [2.24, 2.45) is 5.92 Å². The van der Waals surface area contributed by atoms with Gasteiger partial charge in [-0.15, -0.1) is 0 Å². The Balaban J connectivity index is 0.00000180. The molecule has 0 aromatic heterocycles. The third-order valence-corrected chi connectivity index (χ3v) is 3.02. The predicted molar refractivity (Wildman–Crippen MR) is 64.3 cm³/mol. The maximum absolute atomic E-state index is 12.9. The van der Waals surface area contributed by atoms with Crippen LogP contribution in [0.3, 0.4) is 0 Å². The maximum atomic E-state index is 12.9. The number of halogens is 3. The summed E-state index contributed by atoms with van der Waals surface area (Å²) in [4.78, 5) is 0. The average Bonchev–Trinajstić information content (AvgIpc) is 2.79. The van der Waals surface area contributed by atoms with Crippen LogP contribution in [0.15, 0.2) is 18.2 Å². The van der Waals surface area contributed by atoms with Crippen LogP contribution < -0.4 is 61.6 Å². The first-order valence-corrected chi connectivity index (χ1v) is 5.98. The zero-order valence-electron chi connectivity index (χ0n) is 11.2. The minimum Gasteiger partial charge on any atom is -0.496 e. The van der Waals surface area contributed by atoms with Gasteiger partial charge >= 0.3 is 58.4 Å². The molecule has 1 aromatic carbocycles. The largest absolute Gasteiger partial charge is 1.00 e. The molecule has 0 N–H and O–H groups in total. The molecule has 0 aliphatic carbocycles. The van der Waals surface area contributed by atoms with E-state index in [1.165, 1.54) is 6.07 Å². The van der Waals surface area contributed by atoms with Gasteiger partial charge < -0.3 is 22.4 Å². The summed E-state index contributed by atoms with van der Waals surface area (Å²) in [5.41, 5.74) is -0.0605. The molecule has 1 fully saturated rings.